The van der Waals surface area contributed by atoms with Gasteiger partial charge in [-0.1, -0.05) is 32.6 Å². The van der Waals surface area contributed by atoms with Crippen LogP contribution < -0.4 is 20.7 Å². The number of nitrogens with one attached hydrogen (secondary N) is 3. The summed E-state index contributed by atoms with van der Waals surface area (Å²) in [7, 11) is 0. The molecule has 2 amide bonds. The van der Waals surface area contributed by atoms with Gasteiger partial charge in [-0.25, -0.2) is 0 Å². The third-order valence-corrected chi connectivity index (χ3v) is 3.61. The second-order valence-corrected chi connectivity index (χ2v) is 6.25. The normalized spacial score (nSPS) is 10.2. The topological polar surface area (TPSA) is 79.5 Å². The van der Waals surface area contributed by atoms with Gasteiger partial charge in [0.15, 0.2) is 0 Å². The van der Waals surface area contributed by atoms with Gasteiger partial charge in [0.2, 0.25) is 11.8 Å². The third kappa shape index (κ3) is 6.86. The first-order valence-corrected chi connectivity index (χ1v) is 8.76. The molecule has 0 saturated heterocycles. The summed E-state index contributed by atoms with van der Waals surface area (Å²) in [5.74, 6) is 0.376. The summed E-state index contributed by atoms with van der Waals surface area (Å²) < 4.78 is 5.41. The van der Waals surface area contributed by atoms with Crippen LogP contribution in [-0.2, 0) is 9.59 Å². The molecular formula is C21H25N3O3. The lowest BCUT2D eigenvalue weighted by atomic mass is 10.2. The maximum absolute atomic E-state index is 12.1. The van der Waals surface area contributed by atoms with Gasteiger partial charge in [-0.05, 0) is 42.5 Å². The highest BCUT2D eigenvalue weighted by molar-refractivity contribution is 5.96. The van der Waals surface area contributed by atoms with E-state index in [0.717, 1.165) is 11.4 Å². The largest absolute Gasteiger partial charge is 0.490 e. The number of carbonyl (C=O) groups is 2. The average molecular weight is 367 g/mol. The van der Waals surface area contributed by atoms with E-state index >= 15 is 0 Å². The Hall–Kier alpha value is -3.28. The lowest BCUT2D eigenvalue weighted by molar-refractivity contribution is -0.119. The van der Waals surface area contributed by atoms with Gasteiger partial charge in [0.05, 0.1) is 6.54 Å². The quantitative estimate of drug-likeness (QED) is 0.587. The molecule has 6 nitrogen and oxygen atoms in total. The van der Waals surface area contributed by atoms with Crippen LogP contribution in [0.4, 0.5) is 17.1 Å². The zero-order valence-corrected chi connectivity index (χ0v) is 15.6. The van der Waals surface area contributed by atoms with Crippen LogP contribution in [0.1, 0.15) is 13.8 Å². The first kappa shape index (κ1) is 20.0. The predicted octanol–water partition coefficient (Wildman–Crippen LogP) is 3.90. The minimum Gasteiger partial charge on any atom is -0.490 e. The van der Waals surface area contributed by atoms with Crippen LogP contribution in [0.25, 0.3) is 0 Å². The Morgan fingerprint density at radius 1 is 1.04 bits per heavy atom. The fourth-order valence-electron chi connectivity index (χ4n) is 2.17. The van der Waals surface area contributed by atoms with Crippen molar-refractivity contribution < 1.29 is 14.3 Å². The van der Waals surface area contributed by atoms with Crippen molar-refractivity contribution in [3.8, 4) is 5.75 Å². The molecule has 27 heavy (non-hydrogen) atoms. The van der Waals surface area contributed by atoms with Gasteiger partial charge in [0.1, 0.15) is 12.4 Å². The molecule has 0 spiro atoms. The molecule has 6 heteroatoms. The maximum atomic E-state index is 12.1. The lowest BCUT2D eigenvalue weighted by Crippen LogP contribution is -2.22. The molecule has 0 aliphatic carbocycles. The van der Waals surface area contributed by atoms with Crippen molar-refractivity contribution in [3.05, 3.63) is 61.2 Å². The van der Waals surface area contributed by atoms with Gasteiger partial charge < -0.3 is 20.7 Å². The smallest absolute Gasteiger partial charge is 0.243 e. The molecule has 2 rings (SSSR count). The summed E-state index contributed by atoms with van der Waals surface area (Å²) in [4.78, 5) is 23.9. The maximum Gasteiger partial charge on any atom is 0.243 e. The number of amides is 2. The molecule has 0 heterocycles. The number of benzene rings is 2. The minimum absolute atomic E-state index is 0.0688. The number of carbonyl (C=O) groups excluding carboxylic acids is 2. The van der Waals surface area contributed by atoms with Crippen LogP contribution in [-0.4, -0.2) is 25.0 Å². The van der Waals surface area contributed by atoms with Gasteiger partial charge in [0.25, 0.3) is 0 Å². The van der Waals surface area contributed by atoms with Gasteiger partial charge >= 0.3 is 0 Å². The Morgan fingerprint density at radius 2 is 1.70 bits per heavy atom. The molecule has 0 aromatic heterocycles. The van der Waals surface area contributed by atoms with Gasteiger partial charge in [-0.2, -0.15) is 0 Å². The predicted molar refractivity (Wildman–Crippen MR) is 109 cm³/mol. The van der Waals surface area contributed by atoms with E-state index in [-0.39, 0.29) is 24.3 Å². The van der Waals surface area contributed by atoms with E-state index < -0.39 is 0 Å². The summed E-state index contributed by atoms with van der Waals surface area (Å²) in [5, 5.41) is 8.67. The molecule has 0 fully saturated rings. The third-order valence-electron chi connectivity index (χ3n) is 3.61. The minimum atomic E-state index is -0.186. The van der Waals surface area contributed by atoms with E-state index in [9.17, 15) is 9.59 Å². The van der Waals surface area contributed by atoms with E-state index in [1.807, 2.05) is 38.1 Å². The number of ether oxygens (including phenoxy) is 1. The second-order valence-electron chi connectivity index (χ2n) is 6.25. The summed E-state index contributed by atoms with van der Waals surface area (Å²) >= 11 is 0. The highest BCUT2D eigenvalue weighted by Gasteiger charge is 2.08. The van der Waals surface area contributed by atoms with Crippen LogP contribution in [0.5, 0.6) is 5.75 Å². The molecule has 0 bridgehead atoms. The summed E-state index contributed by atoms with van der Waals surface area (Å²) in [6.45, 7) is 7.82. The molecule has 0 aliphatic rings. The average Bonchev–Trinajstić information content (AvgIpc) is 2.65. The molecule has 0 unspecified atom stereocenters. The number of hydrogen-bond donors (Lipinski definition) is 3. The van der Waals surface area contributed by atoms with Crippen molar-refractivity contribution in [2.24, 2.45) is 5.92 Å². The first-order chi connectivity index (χ1) is 13.0. The highest BCUT2D eigenvalue weighted by atomic mass is 16.5. The number of rotatable bonds is 9. The molecule has 0 atom stereocenters. The summed E-state index contributed by atoms with van der Waals surface area (Å²) in [5.41, 5.74) is 2.08. The van der Waals surface area contributed by atoms with Gasteiger partial charge in [-0.15, -0.1) is 0 Å². The van der Waals surface area contributed by atoms with Gasteiger partial charge in [0, 0.05) is 23.0 Å². The SMILES string of the molecule is C=CCOc1ccc(NCC(=O)Nc2cccc(NC(=O)C(C)C)c2)cc1. The Labute approximate surface area is 159 Å². The molecule has 0 aliphatic heterocycles. The second kappa shape index (κ2) is 10.0. The molecule has 3 N–H and O–H groups in total. The van der Waals surface area contributed by atoms with Crippen LogP contribution >= 0.6 is 0 Å². The molecule has 0 radical (unpaired) electrons. The molecular weight excluding hydrogens is 342 g/mol. The van der Waals surface area contributed by atoms with E-state index in [1.165, 1.54) is 0 Å². The zero-order valence-electron chi connectivity index (χ0n) is 15.6. The standard InChI is InChI=1S/C21H25N3O3/c1-4-12-27-19-10-8-16(9-11-19)22-14-20(25)23-17-6-5-7-18(13-17)24-21(26)15(2)3/h4-11,13,15,22H,1,12,14H2,2-3H3,(H,23,25)(H,24,26). The van der Waals surface area contributed by atoms with Crippen molar-refractivity contribution in [1.82, 2.24) is 0 Å². The van der Waals surface area contributed by atoms with Crippen LogP contribution in [0.2, 0.25) is 0 Å². The fourth-order valence-corrected chi connectivity index (χ4v) is 2.17. The lowest BCUT2D eigenvalue weighted by Gasteiger charge is -2.11. The Bertz CT molecular complexity index is 786. The number of hydrogen-bond acceptors (Lipinski definition) is 4. The number of anilines is 3. The first-order valence-electron chi connectivity index (χ1n) is 8.76. The van der Waals surface area contributed by atoms with Crippen molar-refractivity contribution in [3.63, 3.8) is 0 Å². The van der Waals surface area contributed by atoms with Crippen LogP contribution in [0.15, 0.2) is 61.2 Å². The Balaban J connectivity index is 1.85. The van der Waals surface area contributed by atoms with Gasteiger partial charge in [-0.3, -0.25) is 9.59 Å². The molecule has 2 aromatic rings. The van der Waals surface area contributed by atoms with E-state index in [0.29, 0.717) is 18.0 Å². The molecule has 0 saturated carbocycles. The monoisotopic (exact) mass is 367 g/mol. The summed E-state index contributed by atoms with van der Waals surface area (Å²) in [6, 6.07) is 14.4. The van der Waals surface area contributed by atoms with Crippen molar-refractivity contribution >= 4 is 28.9 Å². The van der Waals surface area contributed by atoms with E-state index in [2.05, 4.69) is 22.5 Å². The van der Waals surface area contributed by atoms with Crippen molar-refractivity contribution in [2.45, 2.75) is 13.8 Å². The van der Waals surface area contributed by atoms with Crippen molar-refractivity contribution in [2.75, 3.05) is 29.1 Å². The zero-order chi connectivity index (χ0) is 19.6. The van der Waals surface area contributed by atoms with Crippen LogP contribution in [0, 0.1) is 5.92 Å². The van der Waals surface area contributed by atoms with E-state index in [4.69, 9.17) is 4.74 Å². The summed E-state index contributed by atoms with van der Waals surface area (Å²) in [6.07, 6.45) is 1.68. The Kier molecular flexibility index (Phi) is 7.43. The highest BCUT2D eigenvalue weighted by Crippen LogP contribution is 2.17. The van der Waals surface area contributed by atoms with E-state index in [1.54, 1.807) is 30.3 Å². The molecule has 2 aromatic carbocycles. The van der Waals surface area contributed by atoms with Crippen LogP contribution in [0.3, 0.4) is 0 Å². The molecule has 142 valence electrons. The van der Waals surface area contributed by atoms with Crippen molar-refractivity contribution in [1.29, 1.82) is 0 Å². The fraction of sp³-hybridized carbons (Fsp3) is 0.238. The Morgan fingerprint density at radius 3 is 2.33 bits per heavy atom.